The van der Waals surface area contributed by atoms with Gasteiger partial charge in [0.2, 0.25) is 5.95 Å². The quantitative estimate of drug-likeness (QED) is 0.415. The standard InChI is InChI=1S/C19H27N7OS/c1-2-20-18(22-8-4-7-21-17(27)16-6-3-15-28-16)25-11-13-26(14-12-25)19-23-9-5-10-24-19/h3,5-6,9-10,15H,2,4,7-8,11-14H2,1H3,(H,20,22)(H,21,27). The molecule has 1 amide bonds. The first-order valence-corrected chi connectivity index (χ1v) is 10.5. The van der Waals surface area contributed by atoms with Crippen molar-refractivity contribution < 1.29 is 4.79 Å². The second-order valence-corrected chi connectivity index (χ2v) is 7.29. The molecule has 1 saturated heterocycles. The van der Waals surface area contributed by atoms with Crippen LogP contribution in [0.3, 0.4) is 0 Å². The third-order valence-corrected chi connectivity index (χ3v) is 5.24. The summed E-state index contributed by atoms with van der Waals surface area (Å²) in [5.41, 5.74) is 0. The molecule has 0 aliphatic carbocycles. The van der Waals surface area contributed by atoms with Gasteiger partial charge in [0.05, 0.1) is 4.88 Å². The number of hydrogen-bond donors (Lipinski definition) is 2. The summed E-state index contributed by atoms with van der Waals surface area (Å²) in [7, 11) is 0. The number of guanidine groups is 1. The van der Waals surface area contributed by atoms with Crippen molar-refractivity contribution in [2.45, 2.75) is 13.3 Å². The normalized spacial score (nSPS) is 14.8. The van der Waals surface area contributed by atoms with Crippen LogP contribution in [0.4, 0.5) is 5.95 Å². The average Bonchev–Trinajstić information content (AvgIpc) is 3.28. The van der Waals surface area contributed by atoms with E-state index in [1.807, 2.05) is 23.6 Å². The van der Waals surface area contributed by atoms with Crippen molar-refractivity contribution in [2.24, 2.45) is 4.99 Å². The molecule has 0 saturated carbocycles. The number of hydrogen-bond acceptors (Lipinski definition) is 6. The molecule has 28 heavy (non-hydrogen) atoms. The molecular formula is C19H27N7OS. The smallest absolute Gasteiger partial charge is 0.261 e. The molecule has 3 rings (SSSR count). The van der Waals surface area contributed by atoms with Gasteiger partial charge in [-0.3, -0.25) is 9.79 Å². The van der Waals surface area contributed by atoms with E-state index in [1.165, 1.54) is 11.3 Å². The van der Waals surface area contributed by atoms with Crippen LogP contribution < -0.4 is 15.5 Å². The molecule has 0 unspecified atom stereocenters. The third-order valence-electron chi connectivity index (χ3n) is 4.38. The van der Waals surface area contributed by atoms with Crippen molar-refractivity contribution in [3.05, 3.63) is 40.8 Å². The number of carbonyl (C=O) groups is 1. The summed E-state index contributed by atoms with van der Waals surface area (Å²) < 4.78 is 0. The van der Waals surface area contributed by atoms with E-state index >= 15 is 0 Å². The molecule has 0 spiro atoms. The lowest BCUT2D eigenvalue weighted by atomic mass is 10.3. The molecule has 1 aliphatic heterocycles. The van der Waals surface area contributed by atoms with E-state index in [9.17, 15) is 4.79 Å². The molecule has 150 valence electrons. The Hall–Kier alpha value is -2.68. The second kappa shape index (κ2) is 10.6. The van der Waals surface area contributed by atoms with Gasteiger partial charge in [-0.2, -0.15) is 0 Å². The van der Waals surface area contributed by atoms with Crippen LogP contribution in [0.5, 0.6) is 0 Å². The van der Waals surface area contributed by atoms with Gasteiger partial charge < -0.3 is 20.4 Å². The second-order valence-electron chi connectivity index (χ2n) is 6.35. The predicted octanol–water partition coefficient (Wildman–Crippen LogP) is 1.45. The Morgan fingerprint density at radius 1 is 1.18 bits per heavy atom. The fraction of sp³-hybridized carbons (Fsp3) is 0.474. The van der Waals surface area contributed by atoms with E-state index in [4.69, 9.17) is 4.99 Å². The first kappa shape index (κ1) is 20.1. The van der Waals surface area contributed by atoms with Crippen molar-refractivity contribution in [1.82, 2.24) is 25.5 Å². The summed E-state index contributed by atoms with van der Waals surface area (Å²) in [6, 6.07) is 5.55. The summed E-state index contributed by atoms with van der Waals surface area (Å²) in [5, 5.41) is 8.22. The minimum Gasteiger partial charge on any atom is -0.357 e. The molecule has 1 aliphatic rings. The maximum absolute atomic E-state index is 11.9. The summed E-state index contributed by atoms with van der Waals surface area (Å²) >= 11 is 1.45. The molecule has 0 radical (unpaired) electrons. The van der Waals surface area contributed by atoms with Crippen LogP contribution in [-0.4, -0.2) is 72.5 Å². The van der Waals surface area contributed by atoms with Crippen LogP contribution in [-0.2, 0) is 0 Å². The molecule has 8 nitrogen and oxygen atoms in total. The van der Waals surface area contributed by atoms with Crippen molar-refractivity contribution >= 4 is 29.2 Å². The van der Waals surface area contributed by atoms with E-state index in [1.54, 1.807) is 12.4 Å². The molecule has 1 fully saturated rings. The number of amides is 1. The van der Waals surface area contributed by atoms with Gasteiger partial charge in [-0.15, -0.1) is 11.3 Å². The topological polar surface area (TPSA) is 85.8 Å². The Kier molecular flexibility index (Phi) is 7.60. The van der Waals surface area contributed by atoms with Gasteiger partial charge >= 0.3 is 0 Å². The van der Waals surface area contributed by atoms with Gasteiger partial charge in [-0.05, 0) is 30.9 Å². The van der Waals surface area contributed by atoms with E-state index in [2.05, 4.69) is 37.3 Å². The average molecular weight is 402 g/mol. The van der Waals surface area contributed by atoms with Gasteiger partial charge in [-0.25, -0.2) is 9.97 Å². The predicted molar refractivity (Wildman–Crippen MR) is 113 cm³/mol. The lowest BCUT2D eigenvalue weighted by molar-refractivity contribution is 0.0957. The van der Waals surface area contributed by atoms with Crippen LogP contribution in [0.1, 0.15) is 23.0 Å². The number of aliphatic imine (C=N–C) groups is 1. The van der Waals surface area contributed by atoms with Crippen LogP contribution in [0.25, 0.3) is 0 Å². The minimum atomic E-state index is -0.00913. The number of thiophene rings is 1. The number of carbonyl (C=O) groups excluding carboxylic acids is 1. The van der Waals surface area contributed by atoms with Gasteiger partial charge in [0, 0.05) is 58.2 Å². The van der Waals surface area contributed by atoms with Crippen LogP contribution >= 0.6 is 11.3 Å². The van der Waals surface area contributed by atoms with E-state index in [0.717, 1.165) is 55.9 Å². The zero-order valence-corrected chi connectivity index (χ0v) is 17.0. The molecular weight excluding hydrogens is 374 g/mol. The minimum absolute atomic E-state index is 0.00913. The van der Waals surface area contributed by atoms with Gasteiger partial charge in [0.25, 0.3) is 5.91 Å². The Bertz CT molecular complexity index is 743. The van der Waals surface area contributed by atoms with Crippen molar-refractivity contribution in [1.29, 1.82) is 0 Å². The Morgan fingerprint density at radius 2 is 1.96 bits per heavy atom. The molecule has 0 aromatic carbocycles. The summed E-state index contributed by atoms with van der Waals surface area (Å²) in [6.45, 7) is 7.68. The van der Waals surface area contributed by atoms with Gasteiger partial charge in [0.1, 0.15) is 0 Å². The molecule has 3 heterocycles. The fourth-order valence-corrected chi connectivity index (χ4v) is 3.60. The largest absolute Gasteiger partial charge is 0.357 e. The maximum Gasteiger partial charge on any atom is 0.261 e. The Morgan fingerprint density at radius 3 is 2.64 bits per heavy atom. The molecule has 2 aromatic rings. The lowest BCUT2D eigenvalue weighted by Gasteiger charge is -2.36. The first-order valence-electron chi connectivity index (χ1n) is 9.65. The first-order chi connectivity index (χ1) is 13.8. The number of piperazine rings is 1. The molecule has 2 N–H and O–H groups in total. The van der Waals surface area contributed by atoms with Crippen LogP contribution in [0.2, 0.25) is 0 Å². The van der Waals surface area contributed by atoms with Crippen LogP contribution in [0.15, 0.2) is 41.0 Å². The maximum atomic E-state index is 11.9. The van der Waals surface area contributed by atoms with Crippen LogP contribution in [0, 0.1) is 0 Å². The summed E-state index contributed by atoms with van der Waals surface area (Å²) in [5.74, 6) is 1.71. The number of anilines is 1. The van der Waals surface area contributed by atoms with Gasteiger partial charge in [0.15, 0.2) is 5.96 Å². The lowest BCUT2D eigenvalue weighted by Crippen LogP contribution is -2.53. The number of aromatic nitrogens is 2. The summed E-state index contributed by atoms with van der Waals surface area (Å²) in [4.78, 5) is 30.5. The highest BCUT2D eigenvalue weighted by Crippen LogP contribution is 2.10. The Labute approximate surface area is 169 Å². The zero-order chi connectivity index (χ0) is 19.6. The number of nitrogens with zero attached hydrogens (tertiary/aromatic N) is 5. The highest BCUT2D eigenvalue weighted by molar-refractivity contribution is 7.12. The number of rotatable bonds is 7. The number of nitrogens with one attached hydrogen (secondary N) is 2. The highest BCUT2D eigenvalue weighted by Gasteiger charge is 2.20. The molecule has 0 bridgehead atoms. The van der Waals surface area contributed by atoms with Crippen molar-refractivity contribution in [3.8, 4) is 0 Å². The monoisotopic (exact) mass is 401 g/mol. The Balaban J connectivity index is 1.43. The van der Waals surface area contributed by atoms with E-state index in [-0.39, 0.29) is 5.91 Å². The third kappa shape index (κ3) is 5.66. The fourth-order valence-electron chi connectivity index (χ4n) is 2.96. The molecule has 2 aromatic heterocycles. The highest BCUT2D eigenvalue weighted by atomic mass is 32.1. The van der Waals surface area contributed by atoms with E-state index < -0.39 is 0 Å². The summed E-state index contributed by atoms with van der Waals surface area (Å²) in [6.07, 6.45) is 4.36. The SMILES string of the molecule is CCNC(=NCCCNC(=O)c1cccs1)N1CCN(c2ncccn2)CC1. The molecule has 0 atom stereocenters. The van der Waals surface area contributed by atoms with Crippen molar-refractivity contribution in [3.63, 3.8) is 0 Å². The van der Waals surface area contributed by atoms with E-state index in [0.29, 0.717) is 13.1 Å². The molecule has 9 heteroatoms. The van der Waals surface area contributed by atoms with Crippen molar-refractivity contribution in [2.75, 3.05) is 50.7 Å². The zero-order valence-electron chi connectivity index (χ0n) is 16.2. The van der Waals surface area contributed by atoms with Gasteiger partial charge in [-0.1, -0.05) is 6.07 Å².